The van der Waals surface area contributed by atoms with Crippen molar-refractivity contribution >= 4 is 33.4 Å². The highest BCUT2D eigenvalue weighted by Gasteiger charge is 2.22. The molecule has 18 heavy (non-hydrogen) atoms. The summed E-state index contributed by atoms with van der Waals surface area (Å²) in [6.45, 7) is 1.56. The molecular formula is C13H16BrClN2O. The lowest BCUT2D eigenvalue weighted by Gasteiger charge is -2.30. The van der Waals surface area contributed by atoms with Crippen LogP contribution in [0, 0.1) is 0 Å². The van der Waals surface area contributed by atoms with Crippen molar-refractivity contribution in [1.29, 1.82) is 0 Å². The van der Waals surface area contributed by atoms with Crippen LogP contribution in [0.3, 0.4) is 0 Å². The van der Waals surface area contributed by atoms with E-state index in [0.29, 0.717) is 12.5 Å². The van der Waals surface area contributed by atoms with Gasteiger partial charge in [0, 0.05) is 37.1 Å². The Morgan fingerprint density at radius 2 is 2.33 bits per heavy atom. The maximum Gasteiger partial charge on any atom is 0.222 e. The largest absolute Gasteiger partial charge is 0.344 e. The zero-order valence-corrected chi connectivity index (χ0v) is 12.6. The van der Waals surface area contributed by atoms with Crippen LogP contribution in [-0.4, -0.2) is 30.4 Å². The molecule has 5 heteroatoms. The minimum absolute atomic E-state index is 0.236. The van der Waals surface area contributed by atoms with Gasteiger partial charge in [0.2, 0.25) is 5.91 Å². The van der Waals surface area contributed by atoms with Gasteiger partial charge in [-0.05, 0) is 40.0 Å². The van der Waals surface area contributed by atoms with Crippen LogP contribution in [0.2, 0.25) is 5.02 Å². The third-order valence-electron chi connectivity index (χ3n) is 3.21. The fraction of sp³-hybridized carbons (Fsp3) is 0.462. The van der Waals surface area contributed by atoms with Gasteiger partial charge in [-0.15, -0.1) is 0 Å². The van der Waals surface area contributed by atoms with E-state index < -0.39 is 0 Å². The van der Waals surface area contributed by atoms with Gasteiger partial charge < -0.3 is 10.2 Å². The highest BCUT2D eigenvalue weighted by Crippen LogP contribution is 2.23. The van der Waals surface area contributed by atoms with Crippen LogP contribution in [0.5, 0.6) is 0 Å². The fourth-order valence-corrected chi connectivity index (χ4v) is 2.54. The number of amides is 1. The van der Waals surface area contributed by atoms with Crippen LogP contribution in [0.15, 0.2) is 22.7 Å². The van der Waals surface area contributed by atoms with E-state index in [1.165, 1.54) is 0 Å². The molecule has 98 valence electrons. The van der Waals surface area contributed by atoms with Crippen molar-refractivity contribution in [2.75, 3.05) is 13.6 Å². The van der Waals surface area contributed by atoms with Crippen LogP contribution in [0.1, 0.15) is 18.4 Å². The number of carbonyl (C=O) groups is 1. The minimum atomic E-state index is 0.236. The number of hydrogen-bond acceptors (Lipinski definition) is 2. The average molecular weight is 332 g/mol. The Balaban J connectivity index is 1.88. The summed E-state index contributed by atoms with van der Waals surface area (Å²) in [6.07, 6.45) is 1.54. The number of nitrogens with zero attached hydrogens (tertiary/aromatic N) is 1. The summed E-state index contributed by atoms with van der Waals surface area (Å²) < 4.78 is 0.913. The SMILES string of the molecule is CN1CC(NCc2ccc(Br)c(Cl)c2)CCC1=O. The summed E-state index contributed by atoms with van der Waals surface area (Å²) in [4.78, 5) is 13.2. The molecule has 1 saturated heterocycles. The quantitative estimate of drug-likeness (QED) is 0.924. The van der Waals surface area contributed by atoms with Gasteiger partial charge in [-0.2, -0.15) is 0 Å². The van der Waals surface area contributed by atoms with Crippen molar-refractivity contribution < 1.29 is 4.79 Å². The van der Waals surface area contributed by atoms with E-state index in [-0.39, 0.29) is 5.91 Å². The van der Waals surface area contributed by atoms with Crippen LogP contribution in [-0.2, 0) is 11.3 Å². The van der Waals surface area contributed by atoms with E-state index in [1.807, 2.05) is 25.2 Å². The van der Waals surface area contributed by atoms with E-state index in [2.05, 4.69) is 21.2 Å². The fourth-order valence-electron chi connectivity index (χ4n) is 2.09. The normalized spacial score (nSPS) is 20.3. The first-order valence-electron chi connectivity index (χ1n) is 5.97. The Labute approximate surface area is 121 Å². The minimum Gasteiger partial charge on any atom is -0.344 e. The molecule has 3 nitrogen and oxygen atoms in total. The number of carbonyl (C=O) groups excluding carboxylic acids is 1. The van der Waals surface area contributed by atoms with Crippen LogP contribution in [0.4, 0.5) is 0 Å². The van der Waals surface area contributed by atoms with Crippen molar-refractivity contribution in [3.8, 4) is 0 Å². The molecule has 0 radical (unpaired) electrons. The second-order valence-corrected chi connectivity index (χ2v) is 5.90. The number of nitrogens with one attached hydrogen (secondary N) is 1. The van der Waals surface area contributed by atoms with E-state index in [1.54, 1.807) is 4.90 Å². The predicted octanol–water partition coefficient (Wildman–Crippen LogP) is 2.81. The molecule has 0 aliphatic carbocycles. The van der Waals surface area contributed by atoms with Gasteiger partial charge in [-0.1, -0.05) is 17.7 Å². The summed E-state index contributed by atoms with van der Waals surface area (Å²) in [5.74, 6) is 0.236. The zero-order chi connectivity index (χ0) is 13.1. The summed E-state index contributed by atoms with van der Waals surface area (Å²) in [6, 6.07) is 6.32. The third-order valence-corrected chi connectivity index (χ3v) is 4.44. The van der Waals surface area contributed by atoms with Gasteiger partial charge in [0.1, 0.15) is 0 Å². The molecule has 1 aromatic rings. The molecule has 1 heterocycles. The van der Waals surface area contributed by atoms with E-state index in [0.717, 1.165) is 34.6 Å². The van der Waals surface area contributed by atoms with Crippen LogP contribution < -0.4 is 5.32 Å². The molecule has 1 atom stereocenters. The number of likely N-dealkylation sites (N-methyl/N-ethyl adjacent to an activating group) is 1. The van der Waals surface area contributed by atoms with Crippen molar-refractivity contribution in [3.63, 3.8) is 0 Å². The Morgan fingerprint density at radius 3 is 3.00 bits per heavy atom. The van der Waals surface area contributed by atoms with Gasteiger partial charge in [-0.3, -0.25) is 4.79 Å². The number of likely N-dealkylation sites (tertiary alicyclic amines) is 1. The summed E-state index contributed by atoms with van der Waals surface area (Å²) in [5, 5.41) is 4.19. The molecule has 0 spiro atoms. The Morgan fingerprint density at radius 1 is 1.56 bits per heavy atom. The van der Waals surface area contributed by atoms with Gasteiger partial charge in [0.25, 0.3) is 0 Å². The highest BCUT2D eigenvalue weighted by molar-refractivity contribution is 9.10. The van der Waals surface area contributed by atoms with Gasteiger partial charge >= 0.3 is 0 Å². The maximum atomic E-state index is 11.4. The molecule has 1 aromatic carbocycles. The Kier molecular flexibility index (Phi) is 4.65. The number of hydrogen-bond donors (Lipinski definition) is 1. The maximum absolute atomic E-state index is 11.4. The number of benzene rings is 1. The highest BCUT2D eigenvalue weighted by atomic mass is 79.9. The predicted molar refractivity (Wildman–Crippen MR) is 76.7 cm³/mol. The lowest BCUT2D eigenvalue weighted by atomic mass is 10.1. The molecule has 1 N–H and O–H groups in total. The molecule has 1 aliphatic rings. The molecule has 0 saturated carbocycles. The Bertz CT molecular complexity index is 453. The van der Waals surface area contributed by atoms with Crippen LogP contribution >= 0.6 is 27.5 Å². The molecule has 0 bridgehead atoms. The van der Waals surface area contributed by atoms with Gasteiger partial charge in [-0.25, -0.2) is 0 Å². The standard InChI is InChI=1S/C13H16BrClN2O/c1-17-8-10(3-5-13(17)18)16-7-9-2-4-11(14)12(15)6-9/h2,4,6,10,16H,3,5,7-8H2,1H3. The number of halogens is 2. The van der Waals surface area contributed by atoms with Crippen molar-refractivity contribution in [2.45, 2.75) is 25.4 Å². The number of rotatable bonds is 3. The lowest BCUT2D eigenvalue weighted by molar-refractivity contribution is -0.132. The summed E-state index contributed by atoms with van der Waals surface area (Å²) >= 11 is 9.43. The van der Waals surface area contributed by atoms with Crippen molar-refractivity contribution in [2.24, 2.45) is 0 Å². The summed E-state index contributed by atoms with van der Waals surface area (Å²) in [5.41, 5.74) is 1.16. The lowest BCUT2D eigenvalue weighted by Crippen LogP contribution is -2.46. The van der Waals surface area contributed by atoms with Crippen molar-refractivity contribution in [1.82, 2.24) is 10.2 Å². The molecule has 1 aliphatic heterocycles. The van der Waals surface area contributed by atoms with E-state index in [4.69, 9.17) is 11.6 Å². The van der Waals surface area contributed by atoms with E-state index >= 15 is 0 Å². The van der Waals surface area contributed by atoms with E-state index in [9.17, 15) is 4.79 Å². The molecule has 0 aromatic heterocycles. The first-order valence-corrected chi connectivity index (χ1v) is 7.14. The first kappa shape index (κ1) is 13.8. The zero-order valence-electron chi connectivity index (χ0n) is 10.2. The second kappa shape index (κ2) is 6.04. The second-order valence-electron chi connectivity index (χ2n) is 4.64. The van der Waals surface area contributed by atoms with Gasteiger partial charge in [0.05, 0.1) is 5.02 Å². The molecule has 1 fully saturated rings. The monoisotopic (exact) mass is 330 g/mol. The number of piperidine rings is 1. The third kappa shape index (κ3) is 3.46. The molecule has 2 rings (SSSR count). The molecule has 1 amide bonds. The average Bonchev–Trinajstić information content (AvgIpc) is 2.35. The topological polar surface area (TPSA) is 32.3 Å². The molecular weight excluding hydrogens is 316 g/mol. The first-order chi connectivity index (χ1) is 8.56. The van der Waals surface area contributed by atoms with Crippen molar-refractivity contribution in [3.05, 3.63) is 33.3 Å². The Hall–Kier alpha value is -0.580. The van der Waals surface area contributed by atoms with Gasteiger partial charge in [0.15, 0.2) is 0 Å². The smallest absolute Gasteiger partial charge is 0.222 e. The van der Waals surface area contributed by atoms with Crippen LogP contribution in [0.25, 0.3) is 0 Å². The summed E-state index contributed by atoms with van der Waals surface area (Å²) in [7, 11) is 1.85. The molecule has 1 unspecified atom stereocenters.